The molecule has 6 rings (SSSR count). The van der Waals surface area contributed by atoms with Gasteiger partial charge in [0.05, 0.1) is 65.1 Å². The Kier molecular flexibility index (Phi) is 8.72. The predicted molar refractivity (Wildman–Crippen MR) is 164 cm³/mol. The zero-order valence-electron chi connectivity index (χ0n) is 24.0. The lowest BCUT2D eigenvalue weighted by atomic mass is 9.82. The maximum Gasteiger partial charge on any atom is 0.264 e. The maximum atomic E-state index is 14.0. The molecule has 1 aromatic heterocycles. The van der Waals surface area contributed by atoms with Gasteiger partial charge in [-0.25, -0.2) is 13.1 Å². The van der Waals surface area contributed by atoms with Crippen LogP contribution in [0.4, 0.5) is 5.69 Å². The van der Waals surface area contributed by atoms with Gasteiger partial charge >= 0.3 is 0 Å². The van der Waals surface area contributed by atoms with Crippen molar-refractivity contribution >= 4 is 39.1 Å². The van der Waals surface area contributed by atoms with E-state index < -0.39 is 21.3 Å². The van der Waals surface area contributed by atoms with Crippen molar-refractivity contribution in [2.24, 2.45) is 11.3 Å². The van der Waals surface area contributed by atoms with Gasteiger partial charge in [0.25, 0.3) is 15.9 Å². The lowest BCUT2D eigenvalue weighted by molar-refractivity contribution is -0.130. The Morgan fingerprint density at radius 2 is 1.89 bits per heavy atom. The van der Waals surface area contributed by atoms with Crippen LogP contribution in [-0.4, -0.2) is 74.6 Å². The molecule has 1 unspecified atom stereocenters. The second-order valence-electron chi connectivity index (χ2n) is 11.3. The smallest absolute Gasteiger partial charge is 0.264 e. The van der Waals surface area contributed by atoms with E-state index in [0.29, 0.717) is 57.1 Å². The number of carbonyl (C=O) groups excluding carboxylic acids is 2. The molecule has 14 heteroatoms. The van der Waals surface area contributed by atoms with Crippen LogP contribution >= 0.6 is 11.6 Å². The Morgan fingerprint density at radius 3 is 2.68 bits per heavy atom. The number of aromatic nitrogens is 3. The molecule has 3 aliphatic heterocycles. The molecule has 3 N–H and O–H groups in total. The fourth-order valence-corrected chi connectivity index (χ4v) is 7.54. The van der Waals surface area contributed by atoms with Gasteiger partial charge < -0.3 is 20.7 Å². The summed E-state index contributed by atoms with van der Waals surface area (Å²) in [5.74, 6) is -0.601. The molecule has 2 saturated heterocycles. The van der Waals surface area contributed by atoms with Crippen molar-refractivity contribution in [3.63, 3.8) is 0 Å². The summed E-state index contributed by atoms with van der Waals surface area (Å²) in [5.41, 5.74) is 0.344. The van der Waals surface area contributed by atoms with Crippen molar-refractivity contribution in [3.8, 4) is 0 Å². The van der Waals surface area contributed by atoms with Gasteiger partial charge in [0, 0.05) is 19.0 Å². The summed E-state index contributed by atoms with van der Waals surface area (Å²) >= 11 is 6.37. The fourth-order valence-electron chi connectivity index (χ4n) is 5.89. The Morgan fingerprint density at radius 1 is 1.05 bits per heavy atom. The van der Waals surface area contributed by atoms with E-state index >= 15 is 0 Å². The van der Waals surface area contributed by atoms with Gasteiger partial charge in [0.15, 0.2) is 0 Å². The van der Waals surface area contributed by atoms with Gasteiger partial charge in [-0.05, 0) is 49.7 Å². The highest BCUT2D eigenvalue weighted by molar-refractivity contribution is 7.92. The summed E-state index contributed by atoms with van der Waals surface area (Å²) in [4.78, 5) is 26.7. The van der Waals surface area contributed by atoms with Crippen LogP contribution in [0.5, 0.6) is 0 Å². The molecule has 0 radical (unpaired) electrons. The second kappa shape index (κ2) is 12.7. The highest BCUT2D eigenvalue weighted by atomic mass is 35.5. The number of benzene rings is 2. The van der Waals surface area contributed by atoms with Gasteiger partial charge in [0.2, 0.25) is 5.91 Å². The van der Waals surface area contributed by atoms with E-state index in [1.165, 1.54) is 22.5 Å². The topological polar surface area (TPSA) is 148 Å². The third kappa shape index (κ3) is 6.09. The average Bonchev–Trinajstić information content (AvgIpc) is 3.80. The molecular formula is C30H34ClN7O5S. The summed E-state index contributed by atoms with van der Waals surface area (Å²) in [6.07, 6.45) is 6.49. The number of anilines is 1. The summed E-state index contributed by atoms with van der Waals surface area (Å²) in [6.45, 7) is 2.63. The number of allylic oxidation sites excluding steroid dienone is 1. The quantitative estimate of drug-likeness (QED) is 0.344. The molecule has 3 atom stereocenters. The number of rotatable bonds is 1. The molecule has 4 bridgehead atoms. The largest absolute Gasteiger partial charge is 0.379 e. The number of sulfonamides is 1. The third-order valence-corrected chi connectivity index (χ3v) is 10.6. The number of hydrogen-bond acceptors (Lipinski definition) is 8. The number of hydrogen-bond donors (Lipinski definition) is 3. The van der Waals surface area contributed by atoms with Crippen LogP contribution in [0.1, 0.15) is 34.9 Å². The summed E-state index contributed by atoms with van der Waals surface area (Å²) in [5, 5.41) is 17.8. The van der Waals surface area contributed by atoms with Crippen molar-refractivity contribution in [1.29, 1.82) is 0 Å². The lowest BCUT2D eigenvalue weighted by Crippen LogP contribution is -2.45. The highest BCUT2D eigenvalue weighted by Crippen LogP contribution is 2.32. The molecule has 3 aromatic rings. The SMILES string of the molecule is O=C1NCc2cn(nn2)[C@@H]2COC[C@H]2CNC(=O)C2(C/C=C\CN(c3ccccc3)S(=O)(=O)c3ccc(Cl)c1c3)CCNC2. The van der Waals surface area contributed by atoms with Crippen LogP contribution in [-0.2, 0) is 26.1 Å². The fraction of sp³-hybridized carbons (Fsp3) is 0.400. The van der Waals surface area contributed by atoms with Crippen molar-refractivity contribution in [2.75, 3.05) is 43.7 Å². The monoisotopic (exact) mass is 639 g/mol. The van der Waals surface area contributed by atoms with Crippen molar-refractivity contribution in [1.82, 2.24) is 30.9 Å². The molecule has 44 heavy (non-hydrogen) atoms. The van der Waals surface area contributed by atoms with Crippen molar-refractivity contribution < 1.29 is 22.7 Å². The molecule has 12 nitrogen and oxygen atoms in total. The standard InChI is InChI=1S/C30H34ClN7O5S/c31-26-9-8-24-14-25(26)28(39)33-16-22-17-37(36-35-22)27-19-43-18-21(27)15-34-29(40)30(11-12-32-20-30)10-4-5-13-38(44(24,41)42)23-6-2-1-3-7-23/h1-9,14,17,21,27,32H,10-13,15-16,18-20H2,(H,33,39)(H,34,40)/b5-4-/t21-,27-,30?/m1/s1. The van der Waals surface area contributed by atoms with Gasteiger partial charge in [-0.1, -0.05) is 47.2 Å². The molecule has 2 fully saturated rings. The van der Waals surface area contributed by atoms with Crippen LogP contribution in [0, 0.1) is 11.3 Å². The number of ether oxygens (including phenoxy) is 1. The average molecular weight is 640 g/mol. The van der Waals surface area contributed by atoms with Crippen LogP contribution < -0.4 is 20.3 Å². The molecule has 2 aromatic carbocycles. The van der Waals surface area contributed by atoms with Crippen LogP contribution in [0.2, 0.25) is 5.02 Å². The summed E-state index contributed by atoms with van der Waals surface area (Å²) in [6, 6.07) is 12.7. The molecular weight excluding hydrogens is 606 g/mol. The lowest BCUT2D eigenvalue weighted by Gasteiger charge is -2.27. The molecule has 0 saturated carbocycles. The maximum absolute atomic E-state index is 14.0. The molecule has 3 aliphatic rings. The Bertz CT molecular complexity index is 1660. The minimum absolute atomic E-state index is 0.00895. The van der Waals surface area contributed by atoms with E-state index in [1.807, 2.05) is 6.08 Å². The number of halogens is 1. The molecule has 1 spiro atoms. The van der Waals surface area contributed by atoms with Crippen molar-refractivity contribution in [2.45, 2.75) is 30.3 Å². The van der Waals surface area contributed by atoms with Crippen LogP contribution in [0.3, 0.4) is 0 Å². The van der Waals surface area contributed by atoms with E-state index in [1.54, 1.807) is 47.3 Å². The first-order valence-corrected chi connectivity index (χ1v) is 16.4. The van der Waals surface area contributed by atoms with Crippen LogP contribution in [0.15, 0.2) is 71.8 Å². The van der Waals surface area contributed by atoms with E-state index in [2.05, 4.69) is 26.3 Å². The number of para-hydroxylation sites is 1. The van der Waals surface area contributed by atoms with Crippen LogP contribution in [0.25, 0.3) is 0 Å². The molecule has 2 amide bonds. The highest BCUT2D eigenvalue weighted by Gasteiger charge is 2.41. The number of carbonyl (C=O) groups is 2. The van der Waals surface area contributed by atoms with E-state index in [-0.39, 0.29) is 46.4 Å². The van der Waals surface area contributed by atoms with E-state index in [9.17, 15) is 18.0 Å². The van der Waals surface area contributed by atoms with Gasteiger partial charge in [-0.15, -0.1) is 5.10 Å². The third-order valence-electron chi connectivity index (χ3n) is 8.50. The van der Waals surface area contributed by atoms with E-state index in [4.69, 9.17) is 16.3 Å². The summed E-state index contributed by atoms with van der Waals surface area (Å²) in [7, 11) is -4.12. The molecule has 232 valence electrons. The minimum atomic E-state index is -4.12. The first-order chi connectivity index (χ1) is 21.3. The van der Waals surface area contributed by atoms with E-state index in [0.717, 1.165) is 0 Å². The molecule has 4 heterocycles. The number of nitrogens with zero attached hydrogens (tertiary/aromatic N) is 4. The minimum Gasteiger partial charge on any atom is -0.379 e. The zero-order chi connectivity index (χ0) is 30.7. The number of nitrogens with one attached hydrogen (secondary N) is 3. The predicted octanol–water partition coefficient (Wildman–Crippen LogP) is 2.30. The van der Waals surface area contributed by atoms with Gasteiger partial charge in [-0.2, -0.15) is 0 Å². The Hall–Kier alpha value is -3.78. The second-order valence-corrected chi connectivity index (χ2v) is 13.6. The number of fused-ring (bicyclic) bond motifs is 6. The molecule has 0 aliphatic carbocycles. The van der Waals surface area contributed by atoms with Gasteiger partial charge in [0.1, 0.15) is 5.69 Å². The van der Waals surface area contributed by atoms with Crippen molar-refractivity contribution in [3.05, 3.63) is 83.2 Å². The summed E-state index contributed by atoms with van der Waals surface area (Å²) < 4.78 is 36.8. The first kappa shape index (κ1) is 30.3. The first-order valence-electron chi connectivity index (χ1n) is 14.5. The van der Waals surface area contributed by atoms with Gasteiger partial charge in [-0.3, -0.25) is 13.9 Å². The Balaban J connectivity index is 1.36. The number of amides is 2. The Labute approximate surface area is 260 Å². The normalized spacial score (nSPS) is 26.8. The zero-order valence-corrected chi connectivity index (χ0v) is 25.6.